The van der Waals surface area contributed by atoms with Crippen LogP contribution in [0.4, 0.5) is 5.69 Å². The van der Waals surface area contributed by atoms with Crippen molar-refractivity contribution in [2.24, 2.45) is 0 Å². The van der Waals surface area contributed by atoms with Crippen molar-refractivity contribution in [1.29, 1.82) is 5.26 Å². The lowest BCUT2D eigenvalue weighted by Crippen LogP contribution is -2.08. The first-order chi connectivity index (χ1) is 14.7. The van der Waals surface area contributed by atoms with Crippen LogP contribution in [0.25, 0.3) is 6.08 Å². The normalized spacial score (nSPS) is 10.3. The van der Waals surface area contributed by atoms with E-state index >= 15 is 0 Å². The summed E-state index contributed by atoms with van der Waals surface area (Å²) in [5.74, 6) is 1.87. The smallest absolute Gasteiger partial charge is 0.248 e. The van der Waals surface area contributed by atoms with Crippen LogP contribution in [0.1, 0.15) is 5.56 Å². The molecular formula is C24H20N2O4. The van der Waals surface area contributed by atoms with Gasteiger partial charge in [0.05, 0.1) is 12.8 Å². The minimum atomic E-state index is -0.303. The molecule has 0 aliphatic rings. The van der Waals surface area contributed by atoms with Gasteiger partial charge in [0.15, 0.2) is 23.9 Å². The lowest BCUT2D eigenvalue weighted by molar-refractivity contribution is -0.111. The Morgan fingerprint density at radius 2 is 1.77 bits per heavy atom. The van der Waals surface area contributed by atoms with E-state index in [0.717, 1.165) is 5.56 Å². The van der Waals surface area contributed by atoms with Gasteiger partial charge in [0.25, 0.3) is 0 Å². The molecule has 1 amide bonds. The Balaban J connectivity index is 1.69. The number of para-hydroxylation sites is 3. The average Bonchev–Trinajstić information content (AvgIpc) is 2.78. The molecule has 0 atom stereocenters. The summed E-state index contributed by atoms with van der Waals surface area (Å²) < 4.78 is 16.4. The molecule has 6 heteroatoms. The first-order valence-corrected chi connectivity index (χ1v) is 9.18. The van der Waals surface area contributed by atoms with Crippen LogP contribution in [0.3, 0.4) is 0 Å². The highest BCUT2D eigenvalue weighted by Gasteiger charge is 2.08. The highest BCUT2D eigenvalue weighted by molar-refractivity contribution is 6.02. The molecule has 3 rings (SSSR count). The summed E-state index contributed by atoms with van der Waals surface area (Å²) in [6.07, 6.45) is 3.08. The fraction of sp³-hybridized carbons (Fsp3) is 0.0833. The number of carbonyl (C=O) groups is 1. The summed E-state index contributed by atoms with van der Waals surface area (Å²) >= 11 is 0. The number of methoxy groups -OCH3 is 1. The third kappa shape index (κ3) is 5.63. The number of rotatable bonds is 8. The summed E-state index contributed by atoms with van der Waals surface area (Å²) in [4.78, 5) is 12.4. The van der Waals surface area contributed by atoms with Crippen LogP contribution >= 0.6 is 0 Å². The fourth-order valence-electron chi connectivity index (χ4n) is 2.64. The van der Waals surface area contributed by atoms with Gasteiger partial charge >= 0.3 is 0 Å². The van der Waals surface area contributed by atoms with Gasteiger partial charge in [0.1, 0.15) is 11.8 Å². The molecule has 1 N–H and O–H groups in total. The van der Waals surface area contributed by atoms with Crippen molar-refractivity contribution in [1.82, 2.24) is 0 Å². The molecule has 0 aromatic heterocycles. The molecule has 0 bridgehead atoms. The number of amides is 1. The maximum absolute atomic E-state index is 12.4. The lowest BCUT2D eigenvalue weighted by Gasteiger charge is -2.11. The van der Waals surface area contributed by atoms with Crippen molar-refractivity contribution < 1.29 is 19.0 Å². The molecule has 30 heavy (non-hydrogen) atoms. The monoisotopic (exact) mass is 400 g/mol. The van der Waals surface area contributed by atoms with Gasteiger partial charge < -0.3 is 19.5 Å². The fourth-order valence-corrected chi connectivity index (χ4v) is 2.64. The molecule has 0 saturated heterocycles. The Morgan fingerprint density at radius 3 is 2.53 bits per heavy atom. The van der Waals surface area contributed by atoms with Gasteiger partial charge in [0.2, 0.25) is 5.91 Å². The Hall–Kier alpha value is -4.24. The summed E-state index contributed by atoms with van der Waals surface area (Å²) in [6.45, 7) is -0.0710. The number of ether oxygens (including phenoxy) is 3. The highest BCUT2D eigenvalue weighted by atomic mass is 16.5. The third-order valence-corrected chi connectivity index (χ3v) is 4.02. The average molecular weight is 400 g/mol. The first kappa shape index (κ1) is 20.5. The standard InChI is InChI=1S/C24H20N2O4/c1-28-23-17-18(11-13-22(23)29-16-15-25)12-14-24(27)26-20-9-5-6-10-21(20)30-19-7-3-2-4-8-19/h2-14,17H,16H2,1H3,(H,26,27)/b14-12+. The number of hydrogen-bond donors (Lipinski definition) is 1. The maximum Gasteiger partial charge on any atom is 0.248 e. The second-order valence-corrected chi connectivity index (χ2v) is 6.09. The minimum absolute atomic E-state index is 0.0710. The first-order valence-electron chi connectivity index (χ1n) is 9.18. The number of carbonyl (C=O) groups excluding carboxylic acids is 1. The van der Waals surface area contributed by atoms with E-state index in [0.29, 0.717) is 28.7 Å². The lowest BCUT2D eigenvalue weighted by atomic mass is 10.2. The molecule has 0 unspecified atom stereocenters. The van der Waals surface area contributed by atoms with Gasteiger partial charge in [-0.2, -0.15) is 5.26 Å². The molecule has 0 saturated carbocycles. The zero-order valence-electron chi connectivity index (χ0n) is 16.4. The molecular weight excluding hydrogens is 380 g/mol. The van der Waals surface area contributed by atoms with Gasteiger partial charge in [-0.25, -0.2) is 0 Å². The van der Waals surface area contributed by atoms with E-state index in [2.05, 4.69) is 5.32 Å². The predicted octanol–water partition coefficient (Wildman–Crippen LogP) is 5.04. The van der Waals surface area contributed by atoms with Crippen LogP contribution in [-0.4, -0.2) is 19.6 Å². The Labute approximate surface area is 174 Å². The molecule has 0 radical (unpaired) electrons. The van der Waals surface area contributed by atoms with Crippen LogP contribution in [-0.2, 0) is 4.79 Å². The predicted molar refractivity (Wildman–Crippen MR) is 115 cm³/mol. The Morgan fingerprint density at radius 1 is 1.00 bits per heavy atom. The number of nitriles is 1. The molecule has 0 heterocycles. The highest BCUT2D eigenvalue weighted by Crippen LogP contribution is 2.30. The summed E-state index contributed by atoms with van der Waals surface area (Å²) in [6, 6.07) is 23.7. The molecule has 0 aliphatic heterocycles. The van der Waals surface area contributed by atoms with E-state index < -0.39 is 0 Å². The van der Waals surface area contributed by atoms with Gasteiger partial charge in [-0.15, -0.1) is 0 Å². The maximum atomic E-state index is 12.4. The molecule has 0 aliphatic carbocycles. The Kier molecular flexibility index (Phi) is 7.07. The van der Waals surface area contributed by atoms with Crippen molar-refractivity contribution in [3.05, 3.63) is 84.4 Å². The second kappa shape index (κ2) is 10.3. The number of benzene rings is 3. The van der Waals surface area contributed by atoms with Gasteiger partial charge in [-0.3, -0.25) is 4.79 Å². The Bertz CT molecular complexity index is 1070. The van der Waals surface area contributed by atoms with E-state index in [9.17, 15) is 4.79 Å². The molecule has 0 fully saturated rings. The zero-order chi connectivity index (χ0) is 21.2. The number of nitrogens with zero attached hydrogens (tertiary/aromatic N) is 1. The molecule has 150 valence electrons. The van der Waals surface area contributed by atoms with Crippen LogP contribution in [0.15, 0.2) is 78.9 Å². The van der Waals surface area contributed by atoms with Crippen molar-refractivity contribution >= 4 is 17.7 Å². The third-order valence-electron chi connectivity index (χ3n) is 4.02. The van der Waals surface area contributed by atoms with Crippen LogP contribution in [0, 0.1) is 11.3 Å². The second-order valence-electron chi connectivity index (χ2n) is 6.09. The van der Waals surface area contributed by atoms with E-state index in [1.165, 1.54) is 13.2 Å². The van der Waals surface area contributed by atoms with Gasteiger partial charge in [-0.1, -0.05) is 36.4 Å². The van der Waals surface area contributed by atoms with Crippen LogP contribution in [0.2, 0.25) is 0 Å². The van der Waals surface area contributed by atoms with E-state index in [1.807, 2.05) is 48.5 Å². The topological polar surface area (TPSA) is 80.6 Å². The van der Waals surface area contributed by atoms with Crippen molar-refractivity contribution in [2.75, 3.05) is 19.0 Å². The molecule has 6 nitrogen and oxygen atoms in total. The minimum Gasteiger partial charge on any atom is -0.493 e. The van der Waals surface area contributed by atoms with E-state index in [4.69, 9.17) is 19.5 Å². The summed E-state index contributed by atoms with van der Waals surface area (Å²) in [5, 5.41) is 11.5. The van der Waals surface area contributed by atoms with Crippen molar-refractivity contribution in [2.45, 2.75) is 0 Å². The summed E-state index contributed by atoms with van der Waals surface area (Å²) in [5.41, 5.74) is 1.31. The van der Waals surface area contributed by atoms with Gasteiger partial charge in [-0.05, 0) is 48.0 Å². The van der Waals surface area contributed by atoms with E-state index in [1.54, 1.807) is 36.4 Å². The quantitative estimate of drug-likeness (QED) is 0.536. The molecule has 3 aromatic carbocycles. The zero-order valence-corrected chi connectivity index (χ0v) is 16.4. The number of anilines is 1. The number of nitrogens with one attached hydrogen (secondary N) is 1. The molecule has 0 spiro atoms. The van der Waals surface area contributed by atoms with Crippen molar-refractivity contribution in [3.63, 3.8) is 0 Å². The SMILES string of the molecule is COc1cc(/C=C/C(=O)Nc2ccccc2Oc2ccccc2)ccc1OCC#N. The van der Waals surface area contributed by atoms with Crippen molar-refractivity contribution in [3.8, 4) is 29.1 Å². The van der Waals surface area contributed by atoms with E-state index in [-0.39, 0.29) is 12.5 Å². The van der Waals surface area contributed by atoms with Crippen LogP contribution in [0.5, 0.6) is 23.0 Å². The number of hydrogen-bond acceptors (Lipinski definition) is 5. The summed E-state index contributed by atoms with van der Waals surface area (Å²) in [7, 11) is 1.51. The molecule has 3 aromatic rings. The van der Waals surface area contributed by atoms with Gasteiger partial charge in [0, 0.05) is 6.08 Å². The van der Waals surface area contributed by atoms with Crippen LogP contribution < -0.4 is 19.5 Å². The largest absolute Gasteiger partial charge is 0.493 e.